The van der Waals surface area contributed by atoms with E-state index >= 15 is 0 Å². The molecule has 1 aromatic heterocycles. The van der Waals surface area contributed by atoms with E-state index in [0.717, 1.165) is 27.0 Å². The Hall–Kier alpha value is -2.73. The van der Waals surface area contributed by atoms with Crippen molar-refractivity contribution in [1.29, 1.82) is 0 Å². The van der Waals surface area contributed by atoms with Crippen LogP contribution in [0.15, 0.2) is 59.3 Å². The maximum atomic E-state index is 12.2. The molecule has 25 heavy (non-hydrogen) atoms. The lowest BCUT2D eigenvalue weighted by molar-refractivity contribution is 0.102. The third kappa shape index (κ3) is 4.42. The number of aromatic nitrogens is 2. The summed E-state index contributed by atoms with van der Waals surface area (Å²) in [4.78, 5) is 20.7. The second kappa shape index (κ2) is 7.44. The Morgan fingerprint density at radius 2 is 1.80 bits per heavy atom. The van der Waals surface area contributed by atoms with Crippen LogP contribution in [0.25, 0.3) is 0 Å². The lowest BCUT2D eigenvalue weighted by atomic mass is 10.2. The summed E-state index contributed by atoms with van der Waals surface area (Å²) >= 11 is 3.51. The van der Waals surface area contributed by atoms with Gasteiger partial charge in [-0.3, -0.25) is 4.79 Å². The zero-order chi connectivity index (χ0) is 17.8. The van der Waals surface area contributed by atoms with Crippen LogP contribution >= 0.6 is 15.9 Å². The molecule has 0 bridgehead atoms. The molecule has 0 aliphatic heterocycles. The van der Waals surface area contributed by atoms with E-state index in [1.54, 1.807) is 0 Å². The first-order valence-corrected chi connectivity index (χ1v) is 8.54. The number of halogens is 1. The number of nitrogens with zero attached hydrogens (tertiary/aromatic N) is 2. The third-order valence-corrected chi connectivity index (χ3v) is 4.20. The molecule has 6 heteroatoms. The number of benzene rings is 2. The van der Waals surface area contributed by atoms with Gasteiger partial charge in [-0.2, -0.15) is 0 Å². The number of amides is 1. The largest absolute Gasteiger partial charge is 0.338 e. The summed E-state index contributed by atoms with van der Waals surface area (Å²) < 4.78 is 0.940. The van der Waals surface area contributed by atoms with Crippen LogP contribution in [-0.2, 0) is 0 Å². The van der Waals surface area contributed by atoms with Crippen LogP contribution in [-0.4, -0.2) is 15.9 Å². The average molecular weight is 397 g/mol. The molecule has 0 aliphatic rings. The van der Waals surface area contributed by atoms with Gasteiger partial charge in [0.1, 0.15) is 11.5 Å². The minimum atomic E-state index is -0.291. The first-order chi connectivity index (χ1) is 12.0. The summed E-state index contributed by atoms with van der Waals surface area (Å²) in [5.41, 5.74) is 4.11. The normalized spacial score (nSPS) is 10.4. The van der Waals surface area contributed by atoms with E-state index in [2.05, 4.69) is 36.5 Å². The standard InChI is InChI=1S/C19H17BrN4O/c1-12-4-3-5-14(8-12)23-19(25)17-10-22-18(11-21-17)24-16-7-6-13(2)9-15(16)20/h3-11H,1-2H3,(H,22,24)(H,23,25). The summed E-state index contributed by atoms with van der Waals surface area (Å²) in [6, 6.07) is 13.6. The molecule has 3 aromatic rings. The van der Waals surface area contributed by atoms with E-state index in [0.29, 0.717) is 5.82 Å². The molecule has 2 aromatic carbocycles. The Balaban J connectivity index is 1.70. The van der Waals surface area contributed by atoms with Crippen molar-refractivity contribution in [2.45, 2.75) is 13.8 Å². The number of aryl methyl sites for hydroxylation is 2. The molecule has 0 spiro atoms. The molecule has 1 heterocycles. The summed E-state index contributed by atoms with van der Waals surface area (Å²) in [6.45, 7) is 4.00. The summed E-state index contributed by atoms with van der Waals surface area (Å²) in [7, 11) is 0. The van der Waals surface area contributed by atoms with Crippen molar-refractivity contribution in [3.63, 3.8) is 0 Å². The Bertz CT molecular complexity index is 910. The van der Waals surface area contributed by atoms with Gasteiger partial charge in [-0.25, -0.2) is 9.97 Å². The van der Waals surface area contributed by atoms with E-state index in [-0.39, 0.29) is 11.6 Å². The highest BCUT2D eigenvalue weighted by molar-refractivity contribution is 9.10. The molecule has 2 N–H and O–H groups in total. The van der Waals surface area contributed by atoms with Crippen LogP contribution in [0, 0.1) is 13.8 Å². The topological polar surface area (TPSA) is 66.9 Å². The highest BCUT2D eigenvalue weighted by Crippen LogP contribution is 2.25. The number of rotatable bonds is 4. The monoisotopic (exact) mass is 396 g/mol. The number of carbonyl (C=O) groups is 1. The van der Waals surface area contributed by atoms with Crippen molar-refractivity contribution < 1.29 is 4.79 Å². The quantitative estimate of drug-likeness (QED) is 0.661. The van der Waals surface area contributed by atoms with Gasteiger partial charge in [0, 0.05) is 10.2 Å². The Labute approximate surface area is 154 Å². The summed E-state index contributed by atoms with van der Waals surface area (Å²) in [6.07, 6.45) is 2.99. The van der Waals surface area contributed by atoms with E-state index in [1.807, 2.05) is 56.3 Å². The fourth-order valence-corrected chi connectivity index (χ4v) is 2.88. The SMILES string of the molecule is Cc1cccc(NC(=O)c2cnc(Nc3ccc(C)cc3Br)cn2)c1. The molecule has 5 nitrogen and oxygen atoms in total. The molecule has 0 saturated carbocycles. The predicted molar refractivity (Wildman–Crippen MR) is 103 cm³/mol. The Morgan fingerprint density at radius 1 is 1.00 bits per heavy atom. The van der Waals surface area contributed by atoms with Crippen molar-refractivity contribution in [2.75, 3.05) is 10.6 Å². The van der Waals surface area contributed by atoms with Gasteiger partial charge >= 0.3 is 0 Å². The van der Waals surface area contributed by atoms with Crippen molar-refractivity contribution in [3.8, 4) is 0 Å². The van der Waals surface area contributed by atoms with E-state index in [4.69, 9.17) is 0 Å². The number of hydrogen-bond acceptors (Lipinski definition) is 4. The van der Waals surface area contributed by atoms with Crippen LogP contribution in [0.2, 0.25) is 0 Å². The Kier molecular flexibility index (Phi) is 5.09. The van der Waals surface area contributed by atoms with Gasteiger partial charge in [0.05, 0.1) is 18.1 Å². The maximum Gasteiger partial charge on any atom is 0.275 e. The van der Waals surface area contributed by atoms with Crippen LogP contribution in [0.4, 0.5) is 17.2 Å². The zero-order valence-electron chi connectivity index (χ0n) is 13.9. The highest BCUT2D eigenvalue weighted by Gasteiger charge is 2.09. The van der Waals surface area contributed by atoms with Crippen LogP contribution < -0.4 is 10.6 Å². The van der Waals surface area contributed by atoms with Crippen LogP contribution in [0.5, 0.6) is 0 Å². The fourth-order valence-electron chi connectivity index (χ4n) is 2.29. The first-order valence-electron chi connectivity index (χ1n) is 7.74. The van der Waals surface area contributed by atoms with Crippen LogP contribution in [0.3, 0.4) is 0 Å². The molecule has 0 unspecified atom stereocenters. The second-order valence-electron chi connectivity index (χ2n) is 5.72. The minimum absolute atomic E-state index is 0.259. The lowest BCUT2D eigenvalue weighted by Crippen LogP contribution is -2.14. The van der Waals surface area contributed by atoms with Crippen molar-refractivity contribution in [1.82, 2.24) is 9.97 Å². The molecule has 1 amide bonds. The molecular formula is C19H17BrN4O. The molecule has 0 radical (unpaired) electrons. The number of carbonyl (C=O) groups excluding carboxylic acids is 1. The van der Waals surface area contributed by atoms with E-state index < -0.39 is 0 Å². The summed E-state index contributed by atoms with van der Waals surface area (Å²) in [5.74, 6) is 0.276. The van der Waals surface area contributed by atoms with Gasteiger partial charge in [0.2, 0.25) is 0 Å². The van der Waals surface area contributed by atoms with E-state index in [1.165, 1.54) is 12.4 Å². The number of nitrogens with one attached hydrogen (secondary N) is 2. The van der Waals surface area contributed by atoms with Crippen LogP contribution in [0.1, 0.15) is 21.6 Å². The van der Waals surface area contributed by atoms with Crippen molar-refractivity contribution >= 4 is 39.0 Å². The third-order valence-electron chi connectivity index (χ3n) is 3.55. The van der Waals surface area contributed by atoms with Gasteiger partial charge in [0.15, 0.2) is 0 Å². The first kappa shape index (κ1) is 17.1. The number of hydrogen-bond donors (Lipinski definition) is 2. The van der Waals surface area contributed by atoms with Gasteiger partial charge in [0.25, 0.3) is 5.91 Å². The number of anilines is 3. The second-order valence-corrected chi connectivity index (χ2v) is 6.57. The molecule has 126 valence electrons. The predicted octanol–water partition coefficient (Wildman–Crippen LogP) is 4.85. The molecule has 0 aliphatic carbocycles. The fraction of sp³-hybridized carbons (Fsp3) is 0.105. The molecule has 0 fully saturated rings. The maximum absolute atomic E-state index is 12.2. The highest BCUT2D eigenvalue weighted by atomic mass is 79.9. The molecule has 0 atom stereocenters. The Morgan fingerprint density at radius 3 is 2.48 bits per heavy atom. The average Bonchev–Trinajstić information content (AvgIpc) is 2.58. The van der Waals surface area contributed by atoms with Crippen molar-refractivity contribution in [2.24, 2.45) is 0 Å². The van der Waals surface area contributed by atoms with Gasteiger partial charge in [-0.15, -0.1) is 0 Å². The zero-order valence-corrected chi connectivity index (χ0v) is 15.5. The van der Waals surface area contributed by atoms with E-state index in [9.17, 15) is 4.79 Å². The molecular weight excluding hydrogens is 380 g/mol. The molecule has 0 saturated heterocycles. The summed E-state index contributed by atoms with van der Waals surface area (Å²) in [5, 5.41) is 5.98. The molecule has 3 rings (SSSR count). The lowest BCUT2D eigenvalue weighted by Gasteiger charge is -2.09. The van der Waals surface area contributed by atoms with Gasteiger partial charge < -0.3 is 10.6 Å². The van der Waals surface area contributed by atoms with Gasteiger partial charge in [-0.05, 0) is 65.2 Å². The smallest absolute Gasteiger partial charge is 0.275 e. The minimum Gasteiger partial charge on any atom is -0.338 e. The van der Waals surface area contributed by atoms with Gasteiger partial charge in [-0.1, -0.05) is 18.2 Å². The van der Waals surface area contributed by atoms with Crippen molar-refractivity contribution in [3.05, 3.63) is 76.2 Å².